The summed E-state index contributed by atoms with van der Waals surface area (Å²) in [5, 5.41) is 3.65. The van der Waals surface area contributed by atoms with Crippen molar-refractivity contribution < 1.29 is 4.52 Å². The van der Waals surface area contributed by atoms with Crippen LogP contribution in [-0.4, -0.2) is 15.1 Å². The number of nitrogens with zero attached hydrogens (tertiary/aromatic N) is 3. The number of rotatable bonds is 1. The van der Waals surface area contributed by atoms with Gasteiger partial charge in [-0.25, -0.2) is 0 Å². The maximum absolute atomic E-state index is 4.92. The Morgan fingerprint density at radius 3 is 2.83 bits per heavy atom. The number of hydrogen-bond acceptors (Lipinski definition) is 4. The van der Waals surface area contributed by atoms with Gasteiger partial charge in [-0.1, -0.05) is 11.2 Å². The molecule has 2 aromatic rings. The van der Waals surface area contributed by atoms with Crippen LogP contribution >= 0.6 is 22.6 Å². The third-order valence-electron chi connectivity index (χ3n) is 1.29. The van der Waals surface area contributed by atoms with Crippen molar-refractivity contribution in [1.29, 1.82) is 0 Å². The Morgan fingerprint density at radius 1 is 1.33 bits per heavy atom. The summed E-state index contributed by atoms with van der Waals surface area (Å²) in [5.74, 6) is 0.458. The lowest BCUT2D eigenvalue weighted by atomic mass is 10.3. The molecule has 60 valence electrons. The summed E-state index contributed by atoms with van der Waals surface area (Å²) in [6, 6.07) is 5.54. The summed E-state index contributed by atoms with van der Waals surface area (Å²) in [5.41, 5.74) is 0.702. The molecule has 2 rings (SSSR count). The quantitative estimate of drug-likeness (QED) is 0.742. The normalized spacial score (nSPS) is 10.1. The molecule has 0 spiro atoms. The van der Waals surface area contributed by atoms with E-state index in [-0.39, 0.29) is 0 Å². The maximum atomic E-state index is 4.92. The molecule has 5 heteroatoms. The monoisotopic (exact) mass is 273 g/mol. The van der Waals surface area contributed by atoms with Crippen LogP contribution in [0.1, 0.15) is 0 Å². The van der Waals surface area contributed by atoms with E-state index >= 15 is 0 Å². The van der Waals surface area contributed by atoms with Crippen LogP contribution in [0, 0.1) is 3.83 Å². The van der Waals surface area contributed by atoms with E-state index in [1.165, 1.54) is 0 Å². The van der Waals surface area contributed by atoms with Crippen molar-refractivity contribution in [3.8, 4) is 11.6 Å². The van der Waals surface area contributed by atoms with Gasteiger partial charge in [0.2, 0.25) is 3.83 Å². The van der Waals surface area contributed by atoms with Gasteiger partial charge in [0.25, 0.3) is 5.89 Å². The van der Waals surface area contributed by atoms with Gasteiger partial charge in [0.1, 0.15) is 5.69 Å². The molecule has 0 saturated heterocycles. The molecular formula is C7H4IN3O. The first-order valence-corrected chi connectivity index (χ1v) is 4.35. The van der Waals surface area contributed by atoms with Gasteiger partial charge in [-0.2, -0.15) is 4.98 Å². The Labute approximate surface area is 82.2 Å². The molecule has 0 aromatic carbocycles. The molecule has 0 fully saturated rings. The Bertz CT molecular complexity index is 373. The van der Waals surface area contributed by atoms with Gasteiger partial charge in [-0.15, -0.1) is 0 Å². The zero-order valence-corrected chi connectivity index (χ0v) is 8.09. The van der Waals surface area contributed by atoms with Crippen LogP contribution in [0.3, 0.4) is 0 Å². The number of pyridine rings is 1. The van der Waals surface area contributed by atoms with E-state index in [1.54, 1.807) is 6.20 Å². The third-order valence-corrected chi connectivity index (χ3v) is 1.72. The number of halogens is 1. The van der Waals surface area contributed by atoms with Gasteiger partial charge < -0.3 is 4.52 Å². The van der Waals surface area contributed by atoms with E-state index in [9.17, 15) is 0 Å². The van der Waals surface area contributed by atoms with Crippen LogP contribution < -0.4 is 0 Å². The van der Waals surface area contributed by atoms with Gasteiger partial charge in [-0.05, 0) is 12.1 Å². The van der Waals surface area contributed by atoms with Gasteiger partial charge in [-0.3, -0.25) is 4.98 Å². The summed E-state index contributed by atoms with van der Waals surface area (Å²) in [6.07, 6.45) is 1.69. The summed E-state index contributed by atoms with van der Waals surface area (Å²) in [7, 11) is 0. The molecule has 0 aliphatic heterocycles. The first kappa shape index (κ1) is 7.66. The lowest BCUT2D eigenvalue weighted by Gasteiger charge is -1.88. The fraction of sp³-hybridized carbons (Fsp3) is 0. The van der Waals surface area contributed by atoms with Crippen molar-refractivity contribution in [3.63, 3.8) is 0 Å². The van der Waals surface area contributed by atoms with Gasteiger partial charge in [0.15, 0.2) is 0 Å². The smallest absolute Gasteiger partial charge is 0.277 e. The topological polar surface area (TPSA) is 51.8 Å². The Kier molecular flexibility index (Phi) is 2.03. The highest BCUT2D eigenvalue weighted by atomic mass is 127. The average molecular weight is 273 g/mol. The summed E-state index contributed by atoms with van der Waals surface area (Å²) in [4.78, 5) is 8.09. The second kappa shape index (κ2) is 3.18. The van der Waals surface area contributed by atoms with E-state index in [1.807, 2.05) is 40.8 Å². The molecule has 2 aromatic heterocycles. The van der Waals surface area contributed by atoms with Crippen LogP contribution in [0.2, 0.25) is 0 Å². The molecule has 0 saturated carbocycles. The Morgan fingerprint density at radius 2 is 2.25 bits per heavy atom. The molecule has 0 aliphatic carbocycles. The highest BCUT2D eigenvalue weighted by molar-refractivity contribution is 14.1. The number of hydrogen-bond donors (Lipinski definition) is 0. The molecule has 0 radical (unpaired) electrons. The van der Waals surface area contributed by atoms with Crippen molar-refractivity contribution in [1.82, 2.24) is 15.1 Å². The molecule has 2 heterocycles. The predicted octanol–water partition coefficient (Wildman–Crippen LogP) is 1.74. The summed E-state index contributed by atoms with van der Waals surface area (Å²) >= 11 is 1.98. The van der Waals surface area contributed by atoms with Gasteiger partial charge in [0.05, 0.1) is 0 Å². The van der Waals surface area contributed by atoms with Crippen LogP contribution in [-0.2, 0) is 0 Å². The molecule has 0 unspecified atom stereocenters. The molecule has 4 nitrogen and oxygen atoms in total. The van der Waals surface area contributed by atoms with E-state index in [0.717, 1.165) is 0 Å². The van der Waals surface area contributed by atoms with E-state index in [2.05, 4.69) is 15.1 Å². The zero-order chi connectivity index (χ0) is 8.39. The van der Waals surface area contributed by atoms with Gasteiger partial charge >= 0.3 is 0 Å². The minimum atomic E-state index is 0.458. The second-order valence-electron chi connectivity index (χ2n) is 2.08. The second-order valence-corrected chi connectivity index (χ2v) is 3.05. The highest BCUT2D eigenvalue weighted by Gasteiger charge is 2.05. The summed E-state index contributed by atoms with van der Waals surface area (Å²) in [6.45, 7) is 0. The standard InChI is InChI=1S/C7H4IN3O/c8-7-10-6(12-11-7)5-3-1-2-4-9-5/h1-4H. The first-order chi connectivity index (χ1) is 5.86. The lowest BCUT2D eigenvalue weighted by Crippen LogP contribution is -1.80. The predicted molar refractivity (Wildman–Crippen MR) is 50.2 cm³/mol. The number of aromatic nitrogens is 3. The maximum Gasteiger partial charge on any atom is 0.277 e. The Hall–Kier alpha value is -0.980. The minimum absolute atomic E-state index is 0.458. The van der Waals surface area contributed by atoms with Crippen molar-refractivity contribution in [3.05, 3.63) is 28.2 Å². The highest BCUT2D eigenvalue weighted by Crippen LogP contribution is 2.13. The van der Waals surface area contributed by atoms with Crippen molar-refractivity contribution in [2.75, 3.05) is 0 Å². The van der Waals surface area contributed by atoms with E-state index < -0.39 is 0 Å². The molecule has 0 aliphatic rings. The van der Waals surface area contributed by atoms with Crippen molar-refractivity contribution in [2.24, 2.45) is 0 Å². The van der Waals surface area contributed by atoms with Crippen LogP contribution in [0.5, 0.6) is 0 Å². The lowest BCUT2D eigenvalue weighted by molar-refractivity contribution is 0.424. The fourth-order valence-corrected chi connectivity index (χ4v) is 1.12. The first-order valence-electron chi connectivity index (χ1n) is 3.27. The van der Waals surface area contributed by atoms with Crippen LogP contribution in [0.25, 0.3) is 11.6 Å². The third kappa shape index (κ3) is 1.45. The average Bonchev–Trinajstić information content (AvgIpc) is 2.54. The van der Waals surface area contributed by atoms with E-state index in [4.69, 9.17) is 4.52 Å². The largest absolute Gasteiger partial charge is 0.331 e. The molecule has 0 bridgehead atoms. The molecule has 0 atom stereocenters. The molecule has 0 amide bonds. The minimum Gasteiger partial charge on any atom is -0.331 e. The fourth-order valence-electron chi connectivity index (χ4n) is 0.799. The molecule has 0 N–H and O–H groups in total. The SMILES string of the molecule is Ic1noc(-c2ccccn2)n1. The summed E-state index contributed by atoms with van der Waals surface area (Å²) < 4.78 is 5.51. The Balaban J connectivity index is 2.45. The van der Waals surface area contributed by atoms with Gasteiger partial charge in [0, 0.05) is 28.8 Å². The van der Waals surface area contributed by atoms with E-state index in [0.29, 0.717) is 15.4 Å². The van der Waals surface area contributed by atoms with Crippen LogP contribution in [0.4, 0.5) is 0 Å². The zero-order valence-electron chi connectivity index (χ0n) is 5.94. The molecule has 12 heavy (non-hydrogen) atoms. The van der Waals surface area contributed by atoms with Crippen molar-refractivity contribution >= 4 is 22.6 Å². The van der Waals surface area contributed by atoms with Crippen LogP contribution in [0.15, 0.2) is 28.9 Å². The molecular weight excluding hydrogens is 269 g/mol. The van der Waals surface area contributed by atoms with Crippen molar-refractivity contribution in [2.45, 2.75) is 0 Å².